The number of aliphatic hydroxyl groups excluding tert-OH is 1. The molecule has 1 aromatic rings. The first-order chi connectivity index (χ1) is 6.11. The van der Waals surface area contributed by atoms with Crippen LogP contribution in [0.2, 0.25) is 0 Å². The zero-order valence-corrected chi connectivity index (χ0v) is 8.34. The first-order valence-electron chi connectivity index (χ1n) is 3.98. The lowest BCUT2D eigenvalue weighted by atomic mass is 10.2. The number of carbonyl (C=O) groups is 1. The third-order valence-corrected chi connectivity index (χ3v) is 2.51. The molecule has 2 atom stereocenters. The second-order valence-electron chi connectivity index (χ2n) is 2.87. The van der Waals surface area contributed by atoms with Crippen LogP contribution in [0.4, 0.5) is 0 Å². The molecule has 0 saturated carbocycles. The maximum atomic E-state index is 11.4. The predicted molar refractivity (Wildman–Crippen MR) is 50.7 cm³/mol. The monoisotopic (exact) mass is 200 g/mol. The van der Waals surface area contributed by atoms with E-state index in [9.17, 15) is 4.79 Å². The number of aliphatic hydroxyl groups is 1. The van der Waals surface area contributed by atoms with Gasteiger partial charge in [-0.2, -0.15) is 0 Å². The number of carbonyl (C=O) groups excluding carboxylic acids is 1. The Bertz CT molecular complexity index is 272. The van der Waals surface area contributed by atoms with Gasteiger partial charge in [0.1, 0.15) is 4.88 Å². The van der Waals surface area contributed by atoms with Crippen LogP contribution in [0.5, 0.6) is 0 Å². The van der Waals surface area contributed by atoms with E-state index in [1.807, 2.05) is 0 Å². The summed E-state index contributed by atoms with van der Waals surface area (Å²) in [6.45, 7) is 3.39. The molecule has 0 fully saturated rings. The highest BCUT2D eigenvalue weighted by Crippen LogP contribution is 2.05. The van der Waals surface area contributed by atoms with E-state index in [1.54, 1.807) is 19.4 Å². The van der Waals surface area contributed by atoms with Gasteiger partial charge in [0.25, 0.3) is 5.91 Å². The summed E-state index contributed by atoms with van der Waals surface area (Å²) < 4.78 is 0. The van der Waals surface area contributed by atoms with Crippen LogP contribution in [0.25, 0.3) is 0 Å². The summed E-state index contributed by atoms with van der Waals surface area (Å²) in [6, 6.07) is -0.241. The molecular weight excluding hydrogens is 188 g/mol. The molecular formula is C8H12N2O2S. The van der Waals surface area contributed by atoms with Gasteiger partial charge in [-0.15, -0.1) is 11.3 Å². The van der Waals surface area contributed by atoms with Gasteiger partial charge in [-0.05, 0) is 13.8 Å². The Kier molecular flexibility index (Phi) is 3.39. The number of thiazole rings is 1. The number of hydrogen-bond donors (Lipinski definition) is 2. The molecule has 0 radical (unpaired) electrons. The van der Waals surface area contributed by atoms with Crippen molar-refractivity contribution in [1.29, 1.82) is 0 Å². The molecule has 2 N–H and O–H groups in total. The van der Waals surface area contributed by atoms with Crippen molar-refractivity contribution in [1.82, 2.24) is 10.3 Å². The van der Waals surface area contributed by atoms with Crippen molar-refractivity contribution in [2.75, 3.05) is 0 Å². The molecule has 0 aliphatic heterocycles. The van der Waals surface area contributed by atoms with Gasteiger partial charge in [-0.3, -0.25) is 9.78 Å². The number of nitrogens with one attached hydrogen (secondary N) is 1. The largest absolute Gasteiger partial charge is 0.391 e. The van der Waals surface area contributed by atoms with Gasteiger partial charge in [0.15, 0.2) is 0 Å². The Morgan fingerprint density at radius 1 is 1.69 bits per heavy atom. The summed E-state index contributed by atoms with van der Waals surface area (Å²) in [5.74, 6) is -0.184. The minimum atomic E-state index is -0.545. The Hall–Kier alpha value is -0.940. The molecule has 1 aromatic heterocycles. The van der Waals surface area contributed by atoms with E-state index in [0.29, 0.717) is 4.88 Å². The number of rotatable bonds is 3. The lowest BCUT2D eigenvalue weighted by Gasteiger charge is -2.15. The molecule has 72 valence electrons. The van der Waals surface area contributed by atoms with E-state index < -0.39 is 6.10 Å². The number of nitrogens with zero attached hydrogens (tertiary/aromatic N) is 1. The fraction of sp³-hybridized carbons (Fsp3) is 0.500. The Morgan fingerprint density at radius 3 is 2.85 bits per heavy atom. The smallest absolute Gasteiger partial charge is 0.263 e. The second kappa shape index (κ2) is 4.34. The first kappa shape index (κ1) is 10.1. The van der Waals surface area contributed by atoms with Crippen molar-refractivity contribution in [2.45, 2.75) is 26.0 Å². The number of amides is 1. The predicted octanol–water partition coefficient (Wildman–Crippen LogP) is 0.642. The van der Waals surface area contributed by atoms with E-state index in [2.05, 4.69) is 10.3 Å². The zero-order chi connectivity index (χ0) is 9.84. The summed E-state index contributed by atoms with van der Waals surface area (Å²) in [7, 11) is 0. The maximum Gasteiger partial charge on any atom is 0.263 e. The maximum absolute atomic E-state index is 11.4. The van der Waals surface area contributed by atoms with Crippen molar-refractivity contribution in [3.8, 4) is 0 Å². The highest BCUT2D eigenvalue weighted by Gasteiger charge is 2.14. The summed E-state index contributed by atoms with van der Waals surface area (Å²) in [4.78, 5) is 15.7. The Balaban J connectivity index is 2.52. The van der Waals surface area contributed by atoms with Crippen LogP contribution in [-0.2, 0) is 0 Å². The van der Waals surface area contributed by atoms with Crippen LogP contribution in [0, 0.1) is 0 Å². The third kappa shape index (κ3) is 2.78. The molecule has 4 nitrogen and oxygen atoms in total. The van der Waals surface area contributed by atoms with Gasteiger partial charge in [0.05, 0.1) is 23.9 Å². The summed E-state index contributed by atoms with van der Waals surface area (Å²) in [5, 5.41) is 11.8. The molecule has 1 rings (SSSR count). The Morgan fingerprint density at radius 2 is 2.38 bits per heavy atom. The third-order valence-electron chi connectivity index (χ3n) is 1.74. The van der Waals surface area contributed by atoms with E-state index in [1.165, 1.54) is 17.5 Å². The lowest BCUT2D eigenvalue weighted by Crippen LogP contribution is -2.39. The van der Waals surface area contributed by atoms with Gasteiger partial charge < -0.3 is 10.4 Å². The molecule has 5 heteroatoms. The minimum Gasteiger partial charge on any atom is -0.391 e. The molecule has 1 heterocycles. The summed E-state index contributed by atoms with van der Waals surface area (Å²) in [6.07, 6.45) is 0.964. The van der Waals surface area contributed by atoms with Gasteiger partial charge in [0, 0.05) is 0 Å². The molecule has 0 saturated heterocycles. The molecule has 0 aromatic carbocycles. The van der Waals surface area contributed by atoms with Crippen LogP contribution in [-0.4, -0.2) is 28.1 Å². The average Bonchev–Trinajstić information content (AvgIpc) is 2.55. The summed E-state index contributed by atoms with van der Waals surface area (Å²) in [5.41, 5.74) is 1.60. The fourth-order valence-corrected chi connectivity index (χ4v) is 1.25. The topological polar surface area (TPSA) is 62.2 Å². The minimum absolute atomic E-state index is 0.184. The fourth-order valence-electron chi connectivity index (χ4n) is 0.726. The molecule has 2 unspecified atom stereocenters. The summed E-state index contributed by atoms with van der Waals surface area (Å²) >= 11 is 1.28. The van der Waals surface area contributed by atoms with E-state index >= 15 is 0 Å². The number of aromatic nitrogens is 1. The zero-order valence-electron chi connectivity index (χ0n) is 7.52. The van der Waals surface area contributed by atoms with E-state index in [4.69, 9.17) is 5.11 Å². The van der Waals surface area contributed by atoms with Crippen molar-refractivity contribution >= 4 is 17.2 Å². The Labute approximate surface area is 80.6 Å². The SMILES string of the molecule is CC(O)C(C)NC(=O)c1cncs1. The normalized spacial score (nSPS) is 15.0. The molecule has 0 spiro atoms. The molecule has 13 heavy (non-hydrogen) atoms. The highest BCUT2D eigenvalue weighted by atomic mass is 32.1. The molecule has 0 bridgehead atoms. The highest BCUT2D eigenvalue weighted by molar-refractivity contribution is 7.11. The van der Waals surface area contributed by atoms with Crippen molar-refractivity contribution in [3.63, 3.8) is 0 Å². The number of hydrogen-bond acceptors (Lipinski definition) is 4. The van der Waals surface area contributed by atoms with E-state index in [0.717, 1.165) is 0 Å². The standard InChI is InChI=1S/C8H12N2O2S/c1-5(6(2)11)10-8(12)7-3-9-4-13-7/h3-6,11H,1-2H3,(H,10,12). The lowest BCUT2D eigenvalue weighted by molar-refractivity contribution is 0.0877. The van der Waals surface area contributed by atoms with Gasteiger partial charge in [-0.25, -0.2) is 0 Å². The van der Waals surface area contributed by atoms with Gasteiger partial charge in [0.2, 0.25) is 0 Å². The van der Waals surface area contributed by atoms with Gasteiger partial charge >= 0.3 is 0 Å². The quantitative estimate of drug-likeness (QED) is 0.752. The van der Waals surface area contributed by atoms with Crippen LogP contribution in [0.15, 0.2) is 11.7 Å². The molecule has 0 aliphatic rings. The van der Waals surface area contributed by atoms with Crippen LogP contribution in [0.1, 0.15) is 23.5 Å². The first-order valence-corrected chi connectivity index (χ1v) is 4.86. The molecule has 0 aliphatic carbocycles. The second-order valence-corrected chi connectivity index (χ2v) is 3.75. The van der Waals surface area contributed by atoms with Crippen LogP contribution < -0.4 is 5.32 Å². The van der Waals surface area contributed by atoms with E-state index in [-0.39, 0.29) is 11.9 Å². The van der Waals surface area contributed by atoms with Crippen molar-refractivity contribution < 1.29 is 9.90 Å². The van der Waals surface area contributed by atoms with Gasteiger partial charge in [-0.1, -0.05) is 0 Å². The van der Waals surface area contributed by atoms with Crippen molar-refractivity contribution in [3.05, 3.63) is 16.6 Å². The van der Waals surface area contributed by atoms with Crippen molar-refractivity contribution in [2.24, 2.45) is 0 Å². The van der Waals surface area contributed by atoms with Crippen LogP contribution in [0.3, 0.4) is 0 Å². The van der Waals surface area contributed by atoms with Crippen LogP contribution >= 0.6 is 11.3 Å². The average molecular weight is 200 g/mol. The molecule has 1 amide bonds.